The van der Waals surface area contributed by atoms with E-state index in [0.717, 1.165) is 15.7 Å². The Morgan fingerprint density at radius 3 is 2.63 bits per heavy atom. The van der Waals surface area contributed by atoms with Crippen LogP contribution in [0.25, 0.3) is 0 Å². The van der Waals surface area contributed by atoms with Crippen molar-refractivity contribution < 1.29 is 9.40 Å². The third-order valence-electron chi connectivity index (χ3n) is 2.72. The van der Waals surface area contributed by atoms with Crippen molar-refractivity contribution in [2.45, 2.75) is 13.5 Å². The van der Waals surface area contributed by atoms with Crippen LogP contribution in [-0.4, -0.2) is 12.8 Å². The van der Waals surface area contributed by atoms with E-state index in [1.807, 2.05) is 36.5 Å². The highest BCUT2D eigenvalue weighted by molar-refractivity contribution is 9.10. The summed E-state index contributed by atoms with van der Waals surface area (Å²) in [6.45, 7) is 2.75. The number of halogens is 1. The average Bonchev–Trinajstić information content (AvgIpc) is 2.39. The maximum absolute atomic E-state index is 4.95. The van der Waals surface area contributed by atoms with E-state index in [2.05, 4.69) is 44.8 Å². The lowest BCUT2D eigenvalue weighted by Gasteiger charge is -2.04. The fourth-order valence-electron chi connectivity index (χ4n) is 1.85. The molecule has 0 saturated carbocycles. The van der Waals surface area contributed by atoms with E-state index in [9.17, 15) is 0 Å². The number of rotatable bonds is 4. The Kier molecular flexibility index (Phi) is 4.68. The van der Waals surface area contributed by atoms with Gasteiger partial charge in [0, 0.05) is 21.7 Å². The topological polar surface area (TPSA) is 25.5 Å². The van der Waals surface area contributed by atoms with Gasteiger partial charge in [-0.25, -0.2) is 0 Å². The molecular formula is C15H16BrN2O+. The van der Waals surface area contributed by atoms with Gasteiger partial charge in [0.25, 0.3) is 0 Å². The lowest BCUT2D eigenvalue weighted by atomic mass is 10.1. The van der Waals surface area contributed by atoms with Crippen LogP contribution in [0, 0.1) is 6.92 Å². The molecule has 98 valence electrons. The molecule has 0 aliphatic heterocycles. The van der Waals surface area contributed by atoms with Crippen LogP contribution in [0.5, 0.6) is 0 Å². The molecule has 0 spiro atoms. The summed E-state index contributed by atoms with van der Waals surface area (Å²) >= 11 is 3.43. The number of benzene rings is 1. The highest BCUT2D eigenvalue weighted by Crippen LogP contribution is 2.11. The van der Waals surface area contributed by atoms with E-state index >= 15 is 0 Å². The van der Waals surface area contributed by atoms with E-state index in [4.69, 9.17) is 4.84 Å². The molecule has 2 aromatic rings. The smallest absolute Gasteiger partial charge is 0.194 e. The van der Waals surface area contributed by atoms with Crippen LogP contribution in [0.15, 0.2) is 58.4 Å². The van der Waals surface area contributed by atoms with Gasteiger partial charge in [0.15, 0.2) is 24.7 Å². The zero-order valence-corrected chi connectivity index (χ0v) is 12.6. The second kappa shape index (κ2) is 6.48. The fourth-order valence-corrected chi connectivity index (χ4v) is 2.11. The van der Waals surface area contributed by atoms with Gasteiger partial charge in [-0.2, -0.15) is 4.57 Å². The van der Waals surface area contributed by atoms with Crippen molar-refractivity contribution in [1.29, 1.82) is 0 Å². The third-order valence-corrected chi connectivity index (χ3v) is 3.25. The van der Waals surface area contributed by atoms with Crippen molar-refractivity contribution in [1.82, 2.24) is 0 Å². The lowest BCUT2D eigenvalue weighted by Crippen LogP contribution is -2.37. The number of aromatic nitrogens is 1. The molecule has 1 heterocycles. The first-order valence-electron chi connectivity index (χ1n) is 6.00. The van der Waals surface area contributed by atoms with Gasteiger partial charge in [-0.15, -0.1) is 0 Å². The highest BCUT2D eigenvalue weighted by Gasteiger charge is 2.11. The standard InChI is InChI=1S/C15H16BrN2O/c1-12-4-3-9-18(10-12)11-15(17-19-2)13-5-7-14(16)8-6-13/h3-10H,11H2,1-2H3/q+1/b17-15-. The molecule has 0 aliphatic carbocycles. The van der Waals surface area contributed by atoms with Crippen LogP contribution in [0.3, 0.4) is 0 Å². The first kappa shape index (κ1) is 13.7. The summed E-state index contributed by atoms with van der Waals surface area (Å²) in [4.78, 5) is 4.95. The Hall–Kier alpha value is -1.68. The molecule has 19 heavy (non-hydrogen) atoms. The van der Waals surface area contributed by atoms with E-state index in [-0.39, 0.29) is 0 Å². The van der Waals surface area contributed by atoms with Gasteiger partial charge in [0.2, 0.25) is 0 Å². The minimum atomic E-state index is 0.678. The lowest BCUT2D eigenvalue weighted by molar-refractivity contribution is -0.682. The molecule has 0 aliphatic rings. The summed E-state index contributed by atoms with van der Waals surface area (Å²) in [6, 6.07) is 12.2. The monoisotopic (exact) mass is 319 g/mol. The minimum absolute atomic E-state index is 0.678. The summed E-state index contributed by atoms with van der Waals surface area (Å²) in [5.41, 5.74) is 3.17. The van der Waals surface area contributed by atoms with Crippen LogP contribution < -0.4 is 4.57 Å². The van der Waals surface area contributed by atoms with Crippen molar-refractivity contribution >= 4 is 21.6 Å². The van der Waals surface area contributed by atoms with Crippen LogP contribution in [0.2, 0.25) is 0 Å². The SMILES string of the molecule is CO/N=C(/C[n+]1cccc(C)c1)c1ccc(Br)cc1. The van der Waals surface area contributed by atoms with Crippen molar-refractivity contribution in [2.24, 2.45) is 5.16 Å². The summed E-state index contributed by atoms with van der Waals surface area (Å²) in [6.07, 6.45) is 4.11. The number of hydrogen-bond acceptors (Lipinski definition) is 2. The molecule has 0 saturated heterocycles. The maximum Gasteiger partial charge on any atom is 0.194 e. The van der Waals surface area contributed by atoms with Crippen molar-refractivity contribution in [3.63, 3.8) is 0 Å². The second-order valence-electron chi connectivity index (χ2n) is 4.28. The molecule has 0 atom stereocenters. The first-order chi connectivity index (χ1) is 9.19. The quantitative estimate of drug-likeness (QED) is 0.483. The molecule has 3 nitrogen and oxygen atoms in total. The van der Waals surface area contributed by atoms with E-state index in [1.165, 1.54) is 5.56 Å². The predicted octanol–water partition coefficient (Wildman–Crippen LogP) is 3.10. The van der Waals surface area contributed by atoms with Gasteiger partial charge < -0.3 is 4.84 Å². The molecule has 4 heteroatoms. The highest BCUT2D eigenvalue weighted by atomic mass is 79.9. The molecule has 0 N–H and O–H groups in total. The Labute approximate surface area is 121 Å². The molecular weight excluding hydrogens is 304 g/mol. The van der Waals surface area contributed by atoms with E-state index < -0.39 is 0 Å². The Balaban J connectivity index is 2.26. The number of aryl methyl sites for hydroxylation is 1. The molecule has 2 rings (SSSR count). The zero-order chi connectivity index (χ0) is 13.7. The van der Waals surface area contributed by atoms with Gasteiger partial charge >= 0.3 is 0 Å². The van der Waals surface area contributed by atoms with Gasteiger partial charge in [-0.1, -0.05) is 33.2 Å². The van der Waals surface area contributed by atoms with Crippen LogP contribution in [0.1, 0.15) is 11.1 Å². The molecule has 0 fully saturated rings. The molecule has 0 bridgehead atoms. The normalized spacial score (nSPS) is 11.4. The molecule has 0 unspecified atom stereocenters. The van der Waals surface area contributed by atoms with Crippen molar-refractivity contribution in [3.8, 4) is 0 Å². The van der Waals surface area contributed by atoms with Crippen LogP contribution in [0.4, 0.5) is 0 Å². The Morgan fingerprint density at radius 2 is 2.00 bits per heavy atom. The zero-order valence-electron chi connectivity index (χ0n) is 11.0. The summed E-state index contributed by atoms with van der Waals surface area (Å²) < 4.78 is 3.14. The summed E-state index contributed by atoms with van der Waals surface area (Å²) in [5.74, 6) is 0. The first-order valence-corrected chi connectivity index (χ1v) is 6.80. The van der Waals surface area contributed by atoms with Crippen LogP contribution >= 0.6 is 15.9 Å². The molecule has 1 aromatic carbocycles. The summed E-state index contributed by atoms with van der Waals surface area (Å²) in [5, 5.41) is 4.13. The Bertz CT molecular complexity index is 579. The van der Waals surface area contributed by atoms with E-state index in [1.54, 1.807) is 7.11 Å². The predicted molar refractivity (Wildman–Crippen MR) is 79.1 cm³/mol. The minimum Gasteiger partial charge on any atom is -0.399 e. The Morgan fingerprint density at radius 1 is 1.26 bits per heavy atom. The van der Waals surface area contributed by atoms with Gasteiger partial charge in [0.1, 0.15) is 7.11 Å². The molecule has 0 amide bonds. The average molecular weight is 320 g/mol. The summed E-state index contributed by atoms with van der Waals surface area (Å²) in [7, 11) is 1.57. The maximum atomic E-state index is 4.95. The number of nitrogens with zero attached hydrogens (tertiary/aromatic N) is 2. The largest absolute Gasteiger partial charge is 0.399 e. The number of oxime groups is 1. The third kappa shape index (κ3) is 3.89. The second-order valence-corrected chi connectivity index (χ2v) is 5.20. The fraction of sp³-hybridized carbons (Fsp3) is 0.200. The molecule has 1 aromatic heterocycles. The van der Waals surface area contributed by atoms with Crippen molar-refractivity contribution in [3.05, 3.63) is 64.4 Å². The number of pyridine rings is 1. The van der Waals surface area contributed by atoms with Gasteiger partial charge in [-0.05, 0) is 25.1 Å². The van der Waals surface area contributed by atoms with E-state index in [0.29, 0.717) is 6.54 Å². The van der Waals surface area contributed by atoms with Gasteiger partial charge in [-0.3, -0.25) is 0 Å². The van der Waals surface area contributed by atoms with Crippen molar-refractivity contribution in [2.75, 3.05) is 7.11 Å². The van der Waals surface area contributed by atoms with Crippen LogP contribution in [-0.2, 0) is 11.4 Å². The van der Waals surface area contributed by atoms with Gasteiger partial charge in [0.05, 0.1) is 0 Å². The number of hydrogen-bond donors (Lipinski definition) is 0. The molecule has 0 radical (unpaired) electrons.